The summed E-state index contributed by atoms with van der Waals surface area (Å²) in [5, 5.41) is 22.6. The van der Waals surface area contributed by atoms with Gasteiger partial charge in [0.15, 0.2) is 0 Å². The Labute approximate surface area is 152 Å². The number of amides is 2. The van der Waals surface area contributed by atoms with Gasteiger partial charge in [-0.1, -0.05) is 0 Å². The van der Waals surface area contributed by atoms with Crippen molar-refractivity contribution in [1.29, 1.82) is 0 Å². The van der Waals surface area contributed by atoms with Gasteiger partial charge in [0.25, 0.3) is 0 Å². The lowest BCUT2D eigenvalue weighted by Gasteiger charge is -2.33. The van der Waals surface area contributed by atoms with Crippen molar-refractivity contribution in [3.05, 3.63) is 0 Å². The predicted octanol–water partition coefficient (Wildman–Crippen LogP) is 2.07. The number of carboxylic acids is 2. The van der Waals surface area contributed by atoms with Gasteiger partial charge in [-0.05, 0) is 48.0 Å². The van der Waals surface area contributed by atoms with Crippen LogP contribution in [0.15, 0.2) is 0 Å². The molecule has 0 radical (unpaired) electrons. The number of alkyl carbamates (subject to hydrolysis) is 2. The fourth-order valence-corrected chi connectivity index (χ4v) is 1.83. The van der Waals surface area contributed by atoms with E-state index in [4.69, 9.17) is 14.6 Å². The van der Waals surface area contributed by atoms with E-state index in [0.29, 0.717) is 0 Å². The largest absolute Gasteiger partial charge is 0.481 e. The molecule has 10 nitrogen and oxygen atoms in total. The van der Waals surface area contributed by atoms with Crippen LogP contribution in [0, 0.1) is 0 Å². The minimum Gasteiger partial charge on any atom is -0.481 e. The molecule has 4 N–H and O–H groups in total. The molecule has 0 aromatic heterocycles. The van der Waals surface area contributed by atoms with Crippen LogP contribution in [0.3, 0.4) is 0 Å². The maximum Gasteiger partial charge on any atom is 0.409 e. The highest BCUT2D eigenvalue weighted by Crippen LogP contribution is 2.17. The van der Waals surface area contributed by atoms with Crippen LogP contribution in [-0.4, -0.2) is 51.2 Å². The van der Waals surface area contributed by atoms with Gasteiger partial charge in [0, 0.05) is 12.8 Å². The number of carbonyl (C=O) groups is 4. The van der Waals surface area contributed by atoms with Crippen LogP contribution in [0.4, 0.5) is 9.59 Å². The van der Waals surface area contributed by atoms with Crippen LogP contribution >= 0.6 is 0 Å². The van der Waals surface area contributed by atoms with Gasteiger partial charge in [0.1, 0.15) is 11.2 Å². The molecule has 0 aliphatic heterocycles. The van der Waals surface area contributed by atoms with Crippen molar-refractivity contribution >= 4 is 24.1 Å². The van der Waals surface area contributed by atoms with E-state index in [2.05, 4.69) is 10.6 Å². The van der Waals surface area contributed by atoms with Gasteiger partial charge in [0.05, 0.1) is 0 Å². The number of hydrogen-bond acceptors (Lipinski definition) is 6. The van der Waals surface area contributed by atoms with E-state index < -0.39 is 41.0 Å². The fourth-order valence-electron chi connectivity index (χ4n) is 1.83. The van der Waals surface area contributed by atoms with Crippen LogP contribution in [0.2, 0.25) is 0 Å². The standard InChI is InChI=1S/C16H28N2O8/c1-14(2,3)25-12(23)17-16(11(21)22,9-7-8-10(19)20)18-13(24)26-15(4,5)6/h7-9H2,1-6H3,(H,17,23)(H,18,24)(H,19,20)(H,21,22). The van der Waals surface area contributed by atoms with Gasteiger partial charge in [-0.3, -0.25) is 15.4 Å². The molecule has 0 heterocycles. The molecule has 0 fully saturated rings. The second kappa shape index (κ2) is 8.72. The van der Waals surface area contributed by atoms with Gasteiger partial charge >= 0.3 is 24.1 Å². The van der Waals surface area contributed by atoms with Crippen molar-refractivity contribution in [2.75, 3.05) is 0 Å². The molecule has 10 heteroatoms. The number of nitrogens with one attached hydrogen (secondary N) is 2. The van der Waals surface area contributed by atoms with Crippen molar-refractivity contribution in [3.8, 4) is 0 Å². The highest BCUT2D eigenvalue weighted by molar-refractivity contribution is 5.88. The third kappa shape index (κ3) is 9.70. The number of hydrogen-bond donors (Lipinski definition) is 4. The van der Waals surface area contributed by atoms with E-state index in [-0.39, 0.29) is 19.3 Å². The maximum absolute atomic E-state index is 12.0. The summed E-state index contributed by atoms with van der Waals surface area (Å²) < 4.78 is 10.1. The maximum atomic E-state index is 12.0. The summed E-state index contributed by atoms with van der Waals surface area (Å²) in [5.74, 6) is -2.72. The lowest BCUT2D eigenvalue weighted by molar-refractivity contribution is -0.147. The van der Waals surface area contributed by atoms with E-state index >= 15 is 0 Å². The molecule has 26 heavy (non-hydrogen) atoms. The summed E-state index contributed by atoms with van der Waals surface area (Å²) in [6, 6.07) is 0. The Hall–Kier alpha value is -2.52. The minimum absolute atomic E-state index is 0.118. The number of carbonyl (C=O) groups excluding carboxylic acids is 2. The first kappa shape index (κ1) is 23.5. The number of rotatable bonds is 7. The lowest BCUT2D eigenvalue weighted by atomic mass is 10.0. The third-order valence-electron chi connectivity index (χ3n) is 2.74. The van der Waals surface area contributed by atoms with E-state index in [1.54, 1.807) is 41.5 Å². The van der Waals surface area contributed by atoms with Crippen LogP contribution in [0.25, 0.3) is 0 Å². The Morgan fingerprint density at radius 1 is 0.808 bits per heavy atom. The summed E-state index contributed by atoms with van der Waals surface area (Å²) in [7, 11) is 0. The van der Waals surface area contributed by atoms with Crippen molar-refractivity contribution < 1.29 is 38.9 Å². The molecule has 150 valence electrons. The molecular formula is C16H28N2O8. The quantitative estimate of drug-likeness (QED) is 0.493. The van der Waals surface area contributed by atoms with Crippen LogP contribution in [0.5, 0.6) is 0 Å². The molecule has 0 aliphatic carbocycles. The second-order valence-electron chi connectivity index (χ2n) is 7.71. The normalized spacial score (nSPS) is 12.1. The Bertz CT molecular complexity index is 515. The molecule has 0 saturated carbocycles. The lowest BCUT2D eigenvalue weighted by Crippen LogP contribution is -2.66. The summed E-state index contributed by atoms with van der Waals surface area (Å²) in [6.45, 7) is 9.50. The van der Waals surface area contributed by atoms with E-state index in [1.165, 1.54) is 0 Å². The average molecular weight is 376 g/mol. The minimum atomic E-state index is -2.28. The first-order chi connectivity index (χ1) is 11.6. The predicted molar refractivity (Wildman–Crippen MR) is 90.6 cm³/mol. The molecule has 0 saturated heterocycles. The van der Waals surface area contributed by atoms with E-state index in [1.807, 2.05) is 0 Å². The second-order valence-corrected chi connectivity index (χ2v) is 7.71. The van der Waals surface area contributed by atoms with Crippen molar-refractivity contribution in [2.45, 2.75) is 77.7 Å². The molecule has 0 rings (SSSR count). The summed E-state index contributed by atoms with van der Waals surface area (Å²) in [4.78, 5) is 46.6. The molecular weight excluding hydrogens is 348 g/mol. The van der Waals surface area contributed by atoms with Crippen molar-refractivity contribution in [3.63, 3.8) is 0 Å². The zero-order chi connectivity index (χ0) is 20.8. The molecule has 0 unspecified atom stereocenters. The molecule has 0 aromatic rings. The van der Waals surface area contributed by atoms with Crippen LogP contribution in [0.1, 0.15) is 60.8 Å². The van der Waals surface area contributed by atoms with Gasteiger partial charge < -0.3 is 19.7 Å². The Balaban J connectivity index is 5.48. The summed E-state index contributed by atoms with van der Waals surface area (Å²) in [6.07, 6.45) is -3.00. The summed E-state index contributed by atoms with van der Waals surface area (Å²) >= 11 is 0. The number of ether oxygens (including phenoxy) is 2. The van der Waals surface area contributed by atoms with Crippen molar-refractivity contribution in [1.82, 2.24) is 10.6 Å². The Kier molecular flexibility index (Phi) is 7.88. The topological polar surface area (TPSA) is 151 Å². The third-order valence-corrected chi connectivity index (χ3v) is 2.74. The zero-order valence-corrected chi connectivity index (χ0v) is 16.0. The average Bonchev–Trinajstić information content (AvgIpc) is 2.32. The molecule has 0 spiro atoms. The molecule has 0 bridgehead atoms. The van der Waals surface area contributed by atoms with E-state index in [9.17, 15) is 24.3 Å². The van der Waals surface area contributed by atoms with Gasteiger partial charge in [-0.2, -0.15) is 0 Å². The highest BCUT2D eigenvalue weighted by atomic mass is 16.6. The first-order valence-corrected chi connectivity index (χ1v) is 8.04. The molecule has 0 aliphatic rings. The van der Waals surface area contributed by atoms with Crippen LogP contribution in [-0.2, 0) is 19.1 Å². The van der Waals surface area contributed by atoms with Gasteiger partial charge in [-0.25, -0.2) is 14.4 Å². The Morgan fingerprint density at radius 2 is 1.19 bits per heavy atom. The van der Waals surface area contributed by atoms with Gasteiger partial charge in [-0.15, -0.1) is 0 Å². The SMILES string of the molecule is CC(C)(C)OC(=O)NC(CCCC(=O)O)(NC(=O)OC(C)(C)C)C(=O)O. The Morgan fingerprint density at radius 3 is 1.46 bits per heavy atom. The van der Waals surface area contributed by atoms with E-state index in [0.717, 1.165) is 0 Å². The number of aliphatic carboxylic acids is 2. The zero-order valence-electron chi connectivity index (χ0n) is 16.0. The molecule has 0 atom stereocenters. The van der Waals surface area contributed by atoms with Gasteiger partial charge in [0.2, 0.25) is 5.66 Å². The number of carboxylic acid groups (broad SMARTS) is 2. The fraction of sp³-hybridized carbons (Fsp3) is 0.750. The van der Waals surface area contributed by atoms with Crippen molar-refractivity contribution in [2.24, 2.45) is 0 Å². The molecule has 0 aromatic carbocycles. The smallest absolute Gasteiger partial charge is 0.409 e. The molecule has 2 amide bonds. The highest BCUT2D eigenvalue weighted by Gasteiger charge is 2.43. The monoisotopic (exact) mass is 376 g/mol. The first-order valence-electron chi connectivity index (χ1n) is 8.04. The van der Waals surface area contributed by atoms with Crippen LogP contribution < -0.4 is 10.6 Å². The summed E-state index contributed by atoms with van der Waals surface area (Å²) in [5.41, 5.74) is -4.08.